The Bertz CT molecular complexity index is 706. The fraction of sp³-hybridized carbons (Fsp3) is 0.286. The van der Waals surface area contributed by atoms with Gasteiger partial charge in [0.05, 0.1) is 0 Å². The number of hydrogen-bond donors (Lipinski definition) is 2. The molecular formula is C14H15NO5. The molecule has 0 saturated heterocycles. The normalized spacial score (nSPS) is 12.8. The summed E-state index contributed by atoms with van der Waals surface area (Å²) in [6.45, 7) is 1.86. The van der Waals surface area contributed by atoms with Gasteiger partial charge < -0.3 is 14.6 Å². The first-order valence-electron chi connectivity index (χ1n) is 6.07. The number of aliphatic carboxylic acids is 1. The van der Waals surface area contributed by atoms with Crippen molar-refractivity contribution in [2.24, 2.45) is 0 Å². The lowest BCUT2D eigenvalue weighted by molar-refractivity contribution is -0.142. The lowest BCUT2D eigenvalue weighted by Gasteiger charge is -2.21. The zero-order valence-electron chi connectivity index (χ0n) is 11.2. The van der Waals surface area contributed by atoms with Crippen LogP contribution in [0.2, 0.25) is 0 Å². The van der Waals surface area contributed by atoms with Gasteiger partial charge in [-0.15, -0.1) is 0 Å². The van der Waals surface area contributed by atoms with E-state index < -0.39 is 17.6 Å². The van der Waals surface area contributed by atoms with Crippen molar-refractivity contribution in [1.29, 1.82) is 0 Å². The second-order valence-corrected chi connectivity index (χ2v) is 4.70. The number of rotatable bonds is 4. The van der Waals surface area contributed by atoms with Crippen molar-refractivity contribution in [2.75, 3.05) is 7.05 Å². The van der Waals surface area contributed by atoms with Gasteiger partial charge in [-0.2, -0.15) is 0 Å². The van der Waals surface area contributed by atoms with Gasteiger partial charge in [0.1, 0.15) is 17.4 Å². The molecule has 2 rings (SSSR count). The first kappa shape index (κ1) is 14.1. The quantitative estimate of drug-likeness (QED) is 0.821. The van der Waals surface area contributed by atoms with Crippen LogP contribution in [0.15, 0.2) is 33.5 Å². The molecule has 20 heavy (non-hydrogen) atoms. The molecule has 2 aromatic rings. The number of benzene rings is 1. The summed E-state index contributed by atoms with van der Waals surface area (Å²) in [6, 6.07) is 5.16. The first-order chi connectivity index (χ1) is 9.38. The van der Waals surface area contributed by atoms with E-state index >= 15 is 0 Å². The van der Waals surface area contributed by atoms with E-state index in [0.29, 0.717) is 17.5 Å². The number of carboxylic acids is 1. The Hall–Kier alpha value is -2.34. The Labute approximate surface area is 114 Å². The van der Waals surface area contributed by atoms with E-state index in [0.717, 1.165) is 0 Å². The summed E-state index contributed by atoms with van der Waals surface area (Å²) in [4.78, 5) is 24.1. The molecule has 6 nitrogen and oxygen atoms in total. The van der Waals surface area contributed by atoms with E-state index in [2.05, 4.69) is 0 Å². The minimum Gasteiger partial charge on any atom is -0.508 e. The molecule has 6 heteroatoms. The van der Waals surface area contributed by atoms with Crippen molar-refractivity contribution < 1.29 is 19.4 Å². The first-order valence-corrected chi connectivity index (χ1v) is 6.07. The number of likely N-dealkylation sites (N-methyl/N-ethyl adjacent to an activating group) is 1. The molecule has 1 aromatic carbocycles. The topological polar surface area (TPSA) is 91.0 Å². The Morgan fingerprint density at radius 2 is 2.10 bits per heavy atom. The molecule has 0 saturated carbocycles. The van der Waals surface area contributed by atoms with Crippen molar-refractivity contribution in [1.82, 2.24) is 4.90 Å². The highest BCUT2D eigenvalue weighted by atomic mass is 16.4. The lowest BCUT2D eigenvalue weighted by Crippen LogP contribution is -2.35. The third-order valence-electron chi connectivity index (χ3n) is 3.25. The molecule has 106 valence electrons. The minimum atomic E-state index is -0.933. The maximum absolute atomic E-state index is 11.5. The summed E-state index contributed by atoms with van der Waals surface area (Å²) >= 11 is 0. The van der Waals surface area contributed by atoms with Crippen molar-refractivity contribution in [3.8, 4) is 5.75 Å². The molecular weight excluding hydrogens is 262 g/mol. The maximum Gasteiger partial charge on any atom is 0.336 e. The van der Waals surface area contributed by atoms with Crippen LogP contribution in [0, 0.1) is 0 Å². The standard InChI is InChI=1S/C14H15NO5/c1-8(14(18)19)15(2)7-9-5-13(17)20-12-6-10(16)3-4-11(9)12/h3-6,8,16H,7H2,1-2H3,(H,18,19). The molecule has 0 fully saturated rings. The summed E-state index contributed by atoms with van der Waals surface area (Å²) in [6.07, 6.45) is 0. The van der Waals surface area contributed by atoms with E-state index in [-0.39, 0.29) is 11.3 Å². The van der Waals surface area contributed by atoms with Crippen LogP contribution in [-0.2, 0) is 11.3 Å². The second-order valence-electron chi connectivity index (χ2n) is 4.70. The molecule has 1 atom stereocenters. The third kappa shape index (κ3) is 2.80. The number of phenols is 1. The Morgan fingerprint density at radius 1 is 1.40 bits per heavy atom. The fourth-order valence-electron chi connectivity index (χ4n) is 1.94. The van der Waals surface area contributed by atoms with Crippen LogP contribution in [0.3, 0.4) is 0 Å². The van der Waals surface area contributed by atoms with Gasteiger partial charge in [0.15, 0.2) is 0 Å². The predicted molar refractivity (Wildman–Crippen MR) is 72.7 cm³/mol. The van der Waals surface area contributed by atoms with E-state index in [4.69, 9.17) is 9.52 Å². The number of nitrogens with zero attached hydrogens (tertiary/aromatic N) is 1. The highest BCUT2D eigenvalue weighted by Gasteiger charge is 2.18. The van der Waals surface area contributed by atoms with E-state index in [1.807, 2.05) is 0 Å². The van der Waals surface area contributed by atoms with E-state index in [1.54, 1.807) is 24.9 Å². The number of fused-ring (bicyclic) bond motifs is 1. The van der Waals surface area contributed by atoms with Gasteiger partial charge in [-0.05, 0) is 31.7 Å². The average Bonchev–Trinajstić information content (AvgIpc) is 2.36. The summed E-state index contributed by atoms with van der Waals surface area (Å²) in [5, 5.41) is 19.1. The van der Waals surface area contributed by atoms with Gasteiger partial charge in [-0.25, -0.2) is 4.79 Å². The number of aromatic hydroxyl groups is 1. The molecule has 1 unspecified atom stereocenters. The number of phenolic OH excluding ortho intramolecular Hbond substituents is 1. The Balaban J connectivity index is 2.44. The van der Waals surface area contributed by atoms with Crippen LogP contribution in [0.4, 0.5) is 0 Å². The van der Waals surface area contributed by atoms with Crippen molar-refractivity contribution in [2.45, 2.75) is 19.5 Å². The van der Waals surface area contributed by atoms with Crippen molar-refractivity contribution >= 4 is 16.9 Å². The number of carbonyl (C=O) groups is 1. The number of carboxylic acid groups (broad SMARTS) is 1. The minimum absolute atomic E-state index is 0.00468. The smallest absolute Gasteiger partial charge is 0.336 e. The third-order valence-corrected chi connectivity index (χ3v) is 3.25. The van der Waals surface area contributed by atoms with Gasteiger partial charge in [-0.1, -0.05) is 0 Å². The van der Waals surface area contributed by atoms with Crippen LogP contribution >= 0.6 is 0 Å². The van der Waals surface area contributed by atoms with Gasteiger partial charge in [0.2, 0.25) is 0 Å². The van der Waals surface area contributed by atoms with Crippen molar-refractivity contribution in [3.05, 3.63) is 40.2 Å². The van der Waals surface area contributed by atoms with Gasteiger partial charge >= 0.3 is 11.6 Å². The largest absolute Gasteiger partial charge is 0.508 e. The maximum atomic E-state index is 11.5. The molecule has 0 radical (unpaired) electrons. The molecule has 0 bridgehead atoms. The Kier molecular flexibility index (Phi) is 3.76. The number of hydrogen-bond acceptors (Lipinski definition) is 5. The SMILES string of the molecule is CC(C(=O)O)N(C)Cc1cc(=O)oc2cc(O)ccc12. The molecule has 2 N–H and O–H groups in total. The lowest BCUT2D eigenvalue weighted by atomic mass is 10.1. The molecule has 0 spiro atoms. The summed E-state index contributed by atoms with van der Waals surface area (Å²) in [7, 11) is 1.67. The molecule has 0 aliphatic rings. The summed E-state index contributed by atoms with van der Waals surface area (Å²) in [5.74, 6) is -0.928. The van der Waals surface area contributed by atoms with Crippen LogP contribution in [0.25, 0.3) is 11.0 Å². The molecule has 1 heterocycles. The van der Waals surface area contributed by atoms with Gasteiger partial charge in [0, 0.05) is 24.1 Å². The molecule has 0 aliphatic heterocycles. The second kappa shape index (κ2) is 5.34. The predicted octanol–water partition coefficient (Wildman–Crippen LogP) is 1.40. The zero-order valence-corrected chi connectivity index (χ0v) is 11.2. The molecule has 0 aliphatic carbocycles. The van der Waals surface area contributed by atoms with Crippen LogP contribution < -0.4 is 5.63 Å². The van der Waals surface area contributed by atoms with Crippen LogP contribution in [0.5, 0.6) is 5.75 Å². The van der Waals surface area contributed by atoms with E-state index in [9.17, 15) is 14.7 Å². The average molecular weight is 277 g/mol. The Morgan fingerprint density at radius 3 is 2.75 bits per heavy atom. The summed E-state index contributed by atoms with van der Waals surface area (Å²) in [5.41, 5.74) is 0.408. The molecule has 1 aromatic heterocycles. The zero-order chi connectivity index (χ0) is 14.9. The van der Waals surface area contributed by atoms with E-state index in [1.165, 1.54) is 18.2 Å². The molecule has 0 amide bonds. The monoisotopic (exact) mass is 277 g/mol. The highest BCUT2D eigenvalue weighted by Crippen LogP contribution is 2.22. The highest BCUT2D eigenvalue weighted by molar-refractivity contribution is 5.81. The summed E-state index contributed by atoms with van der Waals surface area (Å²) < 4.78 is 5.02. The fourth-order valence-corrected chi connectivity index (χ4v) is 1.94. The van der Waals surface area contributed by atoms with Gasteiger partial charge in [0.25, 0.3) is 0 Å². The van der Waals surface area contributed by atoms with Crippen LogP contribution in [0.1, 0.15) is 12.5 Å². The van der Waals surface area contributed by atoms with Crippen molar-refractivity contribution in [3.63, 3.8) is 0 Å². The van der Waals surface area contributed by atoms with Crippen LogP contribution in [-0.4, -0.2) is 34.2 Å². The van der Waals surface area contributed by atoms with Gasteiger partial charge in [-0.3, -0.25) is 9.69 Å².